The van der Waals surface area contributed by atoms with E-state index in [1.165, 1.54) is 11.1 Å². The van der Waals surface area contributed by atoms with Gasteiger partial charge < -0.3 is 19.1 Å². The third-order valence-corrected chi connectivity index (χ3v) is 6.51. The molecule has 0 N–H and O–H groups in total. The van der Waals surface area contributed by atoms with Crippen LogP contribution in [0.2, 0.25) is 0 Å². The second-order valence-electron chi connectivity index (χ2n) is 8.84. The van der Waals surface area contributed by atoms with Crippen LogP contribution in [0.4, 0.5) is 0 Å². The highest BCUT2D eigenvalue weighted by Crippen LogP contribution is 2.30. The summed E-state index contributed by atoms with van der Waals surface area (Å²) in [4.78, 5) is 20.0. The molecule has 7 heteroatoms. The molecule has 2 aromatic rings. The predicted molar refractivity (Wildman–Crippen MR) is 128 cm³/mol. The Morgan fingerprint density at radius 2 is 1.61 bits per heavy atom. The molecular formula is C26H35N3O4. The van der Waals surface area contributed by atoms with Gasteiger partial charge in [-0.1, -0.05) is 35.9 Å². The molecule has 1 atom stereocenters. The first kappa shape index (κ1) is 23.5. The Balaban J connectivity index is 1.29. The molecule has 2 aromatic carbocycles. The molecule has 0 aromatic heterocycles. The molecule has 0 radical (unpaired) electrons. The number of carbonyl (C=O) groups excluding carboxylic acids is 1. The molecule has 33 heavy (non-hydrogen) atoms. The lowest BCUT2D eigenvalue weighted by molar-refractivity contribution is -0.0497. The summed E-state index contributed by atoms with van der Waals surface area (Å²) in [7, 11) is 3.16. The average molecular weight is 454 g/mol. The van der Waals surface area contributed by atoms with Crippen LogP contribution in [-0.4, -0.2) is 93.4 Å². The van der Waals surface area contributed by atoms with Gasteiger partial charge in [-0.25, -0.2) is 0 Å². The van der Waals surface area contributed by atoms with Gasteiger partial charge in [0.15, 0.2) is 0 Å². The number of piperazine rings is 1. The number of benzene rings is 2. The Kier molecular flexibility index (Phi) is 7.85. The van der Waals surface area contributed by atoms with Crippen molar-refractivity contribution in [3.8, 4) is 11.5 Å². The van der Waals surface area contributed by atoms with E-state index in [-0.39, 0.29) is 12.0 Å². The zero-order chi connectivity index (χ0) is 23.2. The Labute approximate surface area is 196 Å². The molecule has 1 amide bonds. The Morgan fingerprint density at radius 1 is 0.939 bits per heavy atom. The van der Waals surface area contributed by atoms with Gasteiger partial charge in [0.05, 0.1) is 26.9 Å². The van der Waals surface area contributed by atoms with Crippen LogP contribution < -0.4 is 9.47 Å². The molecule has 0 bridgehead atoms. The molecule has 2 aliphatic heterocycles. The summed E-state index contributed by atoms with van der Waals surface area (Å²) >= 11 is 0. The third kappa shape index (κ3) is 5.85. The van der Waals surface area contributed by atoms with Crippen LogP contribution in [0.25, 0.3) is 0 Å². The number of nitrogens with zero attached hydrogens (tertiary/aromatic N) is 3. The van der Waals surface area contributed by atoms with Crippen molar-refractivity contribution in [2.75, 3.05) is 66.6 Å². The van der Waals surface area contributed by atoms with Crippen LogP contribution >= 0.6 is 0 Å². The van der Waals surface area contributed by atoms with Crippen molar-refractivity contribution in [1.29, 1.82) is 0 Å². The topological polar surface area (TPSA) is 54.5 Å². The third-order valence-electron chi connectivity index (χ3n) is 6.51. The number of hydrogen-bond donors (Lipinski definition) is 0. The van der Waals surface area contributed by atoms with Crippen molar-refractivity contribution >= 4 is 5.91 Å². The fourth-order valence-corrected chi connectivity index (χ4v) is 4.63. The maximum absolute atomic E-state index is 13.2. The van der Waals surface area contributed by atoms with E-state index in [1.54, 1.807) is 26.4 Å². The first-order chi connectivity index (χ1) is 16.1. The fourth-order valence-electron chi connectivity index (χ4n) is 4.63. The Morgan fingerprint density at radius 3 is 2.24 bits per heavy atom. The maximum atomic E-state index is 13.2. The van der Waals surface area contributed by atoms with Gasteiger partial charge in [-0.3, -0.25) is 14.6 Å². The number of carbonyl (C=O) groups is 1. The monoisotopic (exact) mass is 453 g/mol. The molecule has 0 spiro atoms. The van der Waals surface area contributed by atoms with Gasteiger partial charge in [0.2, 0.25) is 0 Å². The van der Waals surface area contributed by atoms with Gasteiger partial charge in [-0.2, -0.15) is 0 Å². The molecule has 2 heterocycles. The van der Waals surface area contributed by atoms with Gasteiger partial charge in [-0.15, -0.1) is 0 Å². The van der Waals surface area contributed by atoms with Gasteiger partial charge in [0.25, 0.3) is 5.91 Å². The van der Waals surface area contributed by atoms with E-state index < -0.39 is 0 Å². The summed E-state index contributed by atoms with van der Waals surface area (Å²) in [5.74, 6) is 1.05. The largest absolute Gasteiger partial charge is 0.496 e. The van der Waals surface area contributed by atoms with Crippen LogP contribution in [0.3, 0.4) is 0 Å². The van der Waals surface area contributed by atoms with Crippen molar-refractivity contribution in [3.63, 3.8) is 0 Å². The van der Waals surface area contributed by atoms with Crippen LogP contribution in [0.5, 0.6) is 11.5 Å². The first-order valence-electron chi connectivity index (χ1n) is 11.7. The van der Waals surface area contributed by atoms with Crippen LogP contribution in [0.15, 0.2) is 42.5 Å². The summed E-state index contributed by atoms with van der Waals surface area (Å²) in [5, 5.41) is 0. The van der Waals surface area contributed by atoms with Crippen molar-refractivity contribution in [2.24, 2.45) is 0 Å². The highest BCUT2D eigenvalue weighted by molar-refractivity contribution is 5.99. The van der Waals surface area contributed by atoms with E-state index in [1.807, 2.05) is 11.0 Å². The molecule has 4 rings (SSSR count). The van der Waals surface area contributed by atoms with Crippen molar-refractivity contribution in [3.05, 3.63) is 59.2 Å². The smallest absolute Gasteiger partial charge is 0.261 e. The van der Waals surface area contributed by atoms with E-state index in [4.69, 9.17) is 14.2 Å². The summed E-state index contributed by atoms with van der Waals surface area (Å²) < 4.78 is 16.9. The molecule has 1 unspecified atom stereocenters. The van der Waals surface area contributed by atoms with E-state index in [0.717, 1.165) is 45.9 Å². The molecule has 2 aliphatic rings. The lowest BCUT2D eigenvalue weighted by Gasteiger charge is -2.39. The number of aryl methyl sites for hydroxylation is 1. The van der Waals surface area contributed by atoms with Gasteiger partial charge >= 0.3 is 0 Å². The van der Waals surface area contributed by atoms with E-state index in [2.05, 4.69) is 41.0 Å². The van der Waals surface area contributed by atoms with E-state index in [0.29, 0.717) is 30.2 Å². The number of hydrogen-bond acceptors (Lipinski definition) is 6. The lowest BCUT2D eigenvalue weighted by atomic mass is 10.1. The SMILES string of the molecule is COc1cccc(OC)c1C(=O)N1CCN(CC2CN(Cc3ccc(C)cc3)CCO2)CC1. The number of rotatable bonds is 7. The average Bonchev–Trinajstić information content (AvgIpc) is 2.85. The molecule has 7 nitrogen and oxygen atoms in total. The Bertz CT molecular complexity index is 903. The van der Waals surface area contributed by atoms with Crippen LogP contribution in [0.1, 0.15) is 21.5 Å². The van der Waals surface area contributed by atoms with Gasteiger partial charge in [0.1, 0.15) is 17.1 Å². The molecule has 0 aliphatic carbocycles. The van der Waals surface area contributed by atoms with Crippen molar-refractivity contribution in [1.82, 2.24) is 14.7 Å². The highest BCUT2D eigenvalue weighted by Gasteiger charge is 2.29. The minimum Gasteiger partial charge on any atom is -0.496 e. The minimum absolute atomic E-state index is 0.0397. The van der Waals surface area contributed by atoms with Crippen LogP contribution in [0, 0.1) is 6.92 Å². The molecule has 2 saturated heterocycles. The standard InChI is InChI=1S/C26H35N3O4/c1-20-7-9-21(10-8-20)17-28-15-16-33-22(19-28)18-27-11-13-29(14-12-27)26(30)25-23(31-2)5-4-6-24(25)32-3/h4-10,22H,11-19H2,1-3H3. The highest BCUT2D eigenvalue weighted by atomic mass is 16.5. The first-order valence-corrected chi connectivity index (χ1v) is 11.7. The van der Waals surface area contributed by atoms with Gasteiger partial charge in [0, 0.05) is 52.4 Å². The summed E-state index contributed by atoms with van der Waals surface area (Å²) in [6.45, 7) is 9.67. The van der Waals surface area contributed by atoms with Crippen molar-refractivity contribution < 1.29 is 19.0 Å². The molecule has 178 valence electrons. The lowest BCUT2D eigenvalue weighted by Crippen LogP contribution is -2.53. The minimum atomic E-state index is -0.0397. The van der Waals surface area contributed by atoms with E-state index in [9.17, 15) is 4.79 Å². The summed E-state index contributed by atoms with van der Waals surface area (Å²) in [5.41, 5.74) is 3.14. The molecule has 2 fully saturated rings. The number of amides is 1. The maximum Gasteiger partial charge on any atom is 0.261 e. The summed E-state index contributed by atoms with van der Waals surface area (Å²) in [6, 6.07) is 14.2. The Hall–Kier alpha value is -2.61. The van der Waals surface area contributed by atoms with E-state index >= 15 is 0 Å². The second kappa shape index (κ2) is 11.0. The zero-order valence-electron chi connectivity index (χ0n) is 20.0. The second-order valence-corrected chi connectivity index (χ2v) is 8.84. The van der Waals surface area contributed by atoms with Crippen molar-refractivity contribution in [2.45, 2.75) is 19.6 Å². The number of morpholine rings is 1. The predicted octanol–water partition coefficient (Wildman–Crippen LogP) is 2.67. The zero-order valence-corrected chi connectivity index (χ0v) is 20.0. The quantitative estimate of drug-likeness (QED) is 0.643. The summed E-state index contributed by atoms with van der Waals surface area (Å²) in [6.07, 6.45) is 0.195. The molecule has 0 saturated carbocycles. The number of ether oxygens (including phenoxy) is 3. The van der Waals surface area contributed by atoms with Gasteiger partial charge in [-0.05, 0) is 24.6 Å². The normalized spacial score (nSPS) is 20.0. The number of methoxy groups -OCH3 is 2. The molecular weight excluding hydrogens is 418 g/mol. The van der Waals surface area contributed by atoms with Crippen LogP contribution in [-0.2, 0) is 11.3 Å². The fraction of sp³-hybridized carbons (Fsp3) is 0.500.